The minimum Gasteiger partial charge on any atom is -0.340 e. The molecule has 0 aliphatic carbocycles. The van der Waals surface area contributed by atoms with Crippen molar-refractivity contribution < 1.29 is 4.79 Å². The quantitative estimate of drug-likeness (QED) is 0.890. The Hall–Kier alpha value is -0.870. The maximum atomic E-state index is 12.0. The number of rotatable bonds is 2. The van der Waals surface area contributed by atoms with Gasteiger partial charge in [0.15, 0.2) is 0 Å². The Morgan fingerprint density at radius 3 is 2.81 bits per heavy atom. The Bertz CT molecular complexity index is 375. The fourth-order valence-corrected chi connectivity index (χ4v) is 2.29. The number of carbonyl (C=O) groups excluding carboxylic acids is 1. The Balaban J connectivity index is 1.96. The molecule has 1 heterocycles. The van der Waals surface area contributed by atoms with Gasteiger partial charge in [0.05, 0.1) is 6.42 Å². The van der Waals surface area contributed by atoms with Crippen LogP contribution in [0.25, 0.3) is 0 Å². The third kappa shape index (κ3) is 3.06. The molecule has 0 radical (unpaired) electrons. The SMILES string of the molecule is O=C(Cc1cccc(Br)c1)N1CCNCC1. The monoisotopic (exact) mass is 282 g/mol. The van der Waals surface area contributed by atoms with Crippen LogP contribution < -0.4 is 5.32 Å². The van der Waals surface area contributed by atoms with Crippen LogP contribution in [0.1, 0.15) is 5.56 Å². The maximum Gasteiger partial charge on any atom is 0.227 e. The largest absolute Gasteiger partial charge is 0.340 e. The van der Waals surface area contributed by atoms with Crippen molar-refractivity contribution in [2.75, 3.05) is 26.2 Å². The number of carbonyl (C=O) groups is 1. The van der Waals surface area contributed by atoms with Gasteiger partial charge in [-0.15, -0.1) is 0 Å². The molecule has 0 bridgehead atoms. The Kier molecular flexibility index (Phi) is 3.96. The summed E-state index contributed by atoms with van der Waals surface area (Å²) < 4.78 is 1.03. The molecule has 1 saturated heterocycles. The zero-order valence-corrected chi connectivity index (χ0v) is 10.7. The second kappa shape index (κ2) is 5.46. The molecule has 0 spiro atoms. The van der Waals surface area contributed by atoms with E-state index in [0.717, 1.165) is 36.2 Å². The van der Waals surface area contributed by atoms with Crippen LogP contribution >= 0.6 is 15.9 Å². The minimum atomic E-state index is 0.222. The predicted octanol–water partition coefficient (Wildman–Crippen LogP) is 1.42. The van der Waals surface area contributed by atoms with Crippen LogP contribution in [0.3, 0.4) is 0 Å². The van der Waals surface area contributed by atoms with Gasteiger partial charge in [0.2, 0.25) is 5.91 Å². The highest BCUT2D eigenvalue weighted by Gasteiger charge is 2.16. The first-order valence-corrected chi connectivity index (χ1v) is 6.28. The lowest BCUT2D eigenvalue weighted by molar-refractivity contribution is -0.131. The zero-order valence-electron chi connectivity index (χ0n) is 9.08. The molecule has 0 saturated carbocycles. The van der Waals surface area contributed by atoms with Crippen molar-refractivity contribution in [1.29, 1.82) is 0 Å². The summed E-state index contributed by atoms with van der Waals surface area (Å²) in [7, 11) is 0. The molecule has 0 unspecified atom stereocenters. The fraction of sp³-hybridized carbons (Fsp3) is 0.417. The fourth-order valence-electron chi connectivity index (χ4n) is 1.85. The number of halogens is 1. The standard InChI is InChI=1S/C12H15BrN2O/c13-11-3-1-2-10(8-11)9-12(16)15-6-4-14-5-7-15/h1-3,8,14H,4-7,9H2. The molecule has 4 heteroatoms. The van der Waals surface area contributed by atoms with E-state index in [0.29, 0.717) is 6.42 Å². The van der Waals surface area contributed by atoms with Gasteiger partial charge in [0, 0.05) is 30.7 Å². The highest BCUT2D eigenvalue weighted by molar-refractivity contribution is 9.10. The van der Waals surface area contributed by atoms with Crippen molar-refractivity contribution in [3.05, 3.63) is 34.3 Å². The average Bonchev–Trinajstić information content (AvgIpc) is 2.30. The number of nitrogens with one attached hydrogen (secondary N) is 1. The number of piperazine rings is 1. The minimum absolute atomic E-state index is 0.222. The molecule has 1 aliphatic rings. The van der Waals surface area contributed by atoms with E-state index in [9.17, 15) is 4.79 Å². The molecule has 16 heavy (non-hydrogen) atoms. The molecule has 0 aromatic heterocycles. The number of amides is 1. The Labute approximate surface area is 104 Å². The van der Waals surface area contributed by atoms with Gasteiger partial charge in [-0.2, -0.15) is 0 Å². The number of hydrogen-bond acceptors (Lipinski definition) is 2. The van der Waals surface area contributed by atoms with Crippen LogP contribution in [0.4, 0.5) is 0 Å². The highest BCUT2D eigenvalue weighted by atomic mass is 79.9. The number of benzene rings is 1. The van der Waals surface area contributed by atoms with Crippen molar-refractivity contribution >= 4 is 21.8 Å². The molecule has 1 N–H and O–H groups in total. The molecule has 3 nitrogen and oxygen atoms in total. The van der Waals surface area contributed by atoms with Crippen molar-refractivity contribution in [2.45, 2.75) is 6.42 Å². The van der Waals surface area contributed by atoms with Gasteiger partial charge < -0.3 is 10.2 Å². The summed E-state index contributed by atoms with van der Waals surface area (Å²) in [6.07, 6.45) is 0.499. The second-order valence-corrected chi connectivity index (χ2v) is 4.85. The molecule has 1 aromatic rings. The molecule has 1 amide bonds. The van der Waals surface area contributed by atoms with Crippen molar-refractivity contribution in [1.82, 2.24) is 10.2 Å². The molecule has 2 rings (SSSR count). The average molecular weight is 283 g/mol. The molecule has 86 valence electrons. The first kappa shape index (κ1) is 11.6. The van der Waals surface area contributed by atoms with Crippen LogP contribution in [0.15, 0.2) is 28.7 Å². The lowest BCUT2D eigenvalue weighted by Gasteiger charge is -2.27. The summed E-state index contributed by atoms with van der Waals surface area (Å²) in [5.74, 6) is 0.222. The van der Waals surface area contributed by atoms with E-state index >= 15 is 0 Å². The zero-order chi connectivity index (χ0) is 11.4. The first-order valence-electron chi connectivity index (χ1n) is 5.48. The van der Waals surface area contributed by atoms with Gasteiger partial charge in [-0.25, -0.2) is 0 Å². The maximum absolute atomic E-state index is 12.0. The van der Waals surface area contributed by atoms with Crippen LogP contribution in [0.2, 0.25) is 0 Å². The molecule has 1 fully saturated rings. The summed E-state index contributed by atoms with van der Waals surface area (Å²) in [4.78, 5) is 13.9. The summed E-state index contributed by atoms with van der Waals surface area (Å²) in [5.41, 5.74) is 1.07. The first-order chi connectivity index (χ1) is 7.75. The number of nitrogens with zero attached hydrogens (tertiary/aromatic N) is 1. The highest BCUT2D eigenvalue weighted by Crippen LogP contribution is 2.12. The van der Waals surface area contributed by atoms with Crippen LogP contribution in [0, 0.1) is 0 Å². The summed E-state index contributed by atoms with van der Waals surface area (Å²) in [6.45, 7) is 3.47. The summed E-state index contributed by atoms with van der Waals surface area (Å²) in [5, 5.41) is 3.24. The molecule has 1 aromatic carbocycles. The van der Waals surface area contributed by atoms with E-state index in [1.807, 2.05) is 29.2 Å². The van der Waals surface area contributed by atoms with Crippen molar-refractivity contribution in [2.24, 2.45) is 0 Å². The Morgan fingerprint density at radius 2 is 2.12 bits per heavy atom. The van der Waals surface area contributed by atoms with E-state index in [-0.39, 0.29) is 5.91 Å². The van der Waals surface area contributed by atoms with Crippen LogP contribution in [0.5, 0.6) is 0 Å². The normalized spacial score (nSPS) is 16.2. The van der Waals surface area contributed by atoms with Gasteiger partial charge in [-0.1, -0.05) is 28.1 Å². The van der Waals surface area contributed by atoms with E-state index in [1.54, 1.807) is 0 Å². The molecular weight excluding hydrogens is 268 g/mol. The van der Waals surface area contributed by atoms with E-state index in [4.69, 9.17) is 0 Å². The van der Waals surface area contributed by atoms with Gasteiger partial charge >= 0.3 is 0 Å². The lowest BCUT2D eigenvalue weighted by Crippen LogP contribution is -2.46. The predicted molar refractivity (Wildman–Crippen MR) is 67.3 cm³/mol. The molecule has 1 aliphatic heterocycles. The van der Waals surface area contributed by atoms with Crippen LogP contribution in [-0.4, -0.2) is 37.0 Å². The van der Waals surface area contributed by atoms with E-state index in [1.165, 1.54) is 0 Å². The number of hydrogen-bond donors (Lipinski definition) is 1. The third-order valence-corrected chi connectivity index (χ3v) is 3.21. The molecular formula is C12H15BrN2O. The Morgan fingerprint density at radius 1 is 1.38 bits per heavy atom. The van der Waals surface area contributed by atoms with E-state index in [2.05, 4.69) is 21.2 Å². The van der Waals surface area contributed by atoms with Gasteiger partial charge in [-0.3, -0.25) is 4.79 Å². The summed E-state index contributed by atoms with van der Waals surface area (Å²) in [6, 6.07) is 7.92. The lowest BCUT2D eigenvalue weighted by atomic mass is 10.1. The van der Waals surface area contributed by atoms with Gasteiger partial charge in [0.25, 0.3) is 0 Å². The smallest absolute Gasteiger partial charge is 0.227 e. The summed E-state index contributed by atoms with van der Waals surface area (Å²) >= 11 is 3.41. The topological polar surface area (TPSA) is 32.3 Å². The van der Waals surface area contributed by atoms with Crippen LogP contribution in [-0.2, 0) is 11.2 Å². The van der Waals surface area contributed by atoms with E-state index < -0.39 is 0 Å². The van der Waals surface area contributed by atoms with Crippen molar-refractivity contribution in [3.63, 3.8) is 0 Å². The van der Waals surface area contributed by atoms with Gasteiger partial charge in [0.1, 0.15) is 0 Å². The van der Waals surface area contributed by atoms with Crippen molar-refractivity contribution in [3.8, 4) is 0 Å². The molecule has 0 atom stereocenters. The third-order valence-electron chi connectivity index (χ3n) is 2.71. The second-order valence-electron chi connectivity index (χ2n) is 3.94. The van der Waals surface area contributed by atoms with Gasteiger partial charge in [-0.05, 0) is 17.7 Å².